The molecule has 0 amide bonds. The van der Waals surface area contributed by atoms with Gasteiger partial charge in [0.15, 0.2) is 0 Å². The number of hydrogen-bond acceptors (Lipinski definition) is 4. The normalized spacial score (nSPS) is 23.1. The molecule has 2 aliphatic rings. The Morgan fingerprint density at radius 2 is 1.75 bits per heavy atom. The van der Waals surface area contributed by atoms with Crippen LogP contribution in [0.15, 0.2) is 30.6 Å². The lowest BCUT2D eigenvalue weighted by Gasteiger charge is -2.32. The van der Waals surface area contributed by atoms with Gasteiger partial charge in [-0.3, -0.25) is 0 Å². The summed E-state index contributed by atoms with van der Waals surface area (Å²) in [6.45, 7) is 8.39. The summed E-state index contributed by atoms with van der Waals surface area (Å²) < 4.78 is 14.6. The minimum Gasteiger partial charge on any atom is -0.399 e. The van der Waals surface area contributed by atoms with Crippen molar-refractivity contribution in [3.63, 3.8) is 0 Å². The van der Waals surface area contributed by atoms with Crippen molar-refractivity contribution < 1.29 is 9.31 Å². The Morgan fingerprint density at radius 1 is 1.07 bits per heavy atom. The van der Waals surface area contributed by atoms with E-state index in [-0.39, 0.29) is 24.2 Å². The third-order valence-electron chi connectivity index (χ3n) is 6.94. The van der Waals surface area contributed by atoms with E-state index in [1.165, 1.54) is 37.7 Å². The van der Waals surface area contributed by atoms with E-state index in [0.29, 0.717) is 5.92 Å². The van der Waals surface area contributed by atoms with E-state index in [1.807, 2.05) is 13.4 Å². The van der Waals surface area contributed by atoms with Crippen LogP contribution >= 0.6 is 0 Å². The van der Waals surface area contributed by atoms with Crippen LogP contribution in [-0.2, 0) is 16.4 Å². The van der Waals surface area contributed by atoms with Crippen LogP contribution in [0.1, 0.15) is 77.1 Å². The van der Waals surface area contributed by atoms with Crippen LogP contribution in [0.5, 0.6) is 0 Å². The predicted molar refractivity (Wildman–Crippen MR) is 112 cm³/mol. The van der Waals surface area contributed by atoms with Crippen molar-refractivity contribution in [2.75, 3.05) is 0 Å². The van der Waals surface area contributed by atoms with Gasteiger partial charge in [-0.1, -0.05) is 43.5 Å². The van der Waals surface area contributed by atoms with E-state index in [2.05, 4.69) is 66.7 Å². The van der Waals surface area contributed by atoms with E-state index in [1.54, 1.807) is 0 Å². The number of rotatable bonds is 4. The van der Waals surface area contributed by atoms with Crippen LogP contribution in [-0.4, -0.2) is 33.1 Å². The molecule has 150 valence electrons. The van der Waals surface area contributed by atoms with Crippen molar-refractivity contribution in [3.05, 3.63) is 42.0 Å². The summed E-state index contributed by atoms with van der Waals surface area (Å²) in [5.74, 6) is 1.92. The fraction of sp³-hybridized carbons (Fsp3) is 0.636. The first-order valence-electron chi connectivity index (χ1n) is 10.6. The lowest BCUT2D eigenvalue weighted by molar-refractivity contribution is 0.00578. The second kappa shape index (κ2) is 7.31. The molecule has 6 heteroatoms. The zero-order chi connectivity index (χ0) is 19.9. The molecular weight excluding hydrogens is 349 g/mol. The summed E-state index contributed by atoms with van der Waals surface area (Å²) >= 11 is 0. The van der Waals surface area contributed by atoms with Crippen LogP contribution in [0.2, 0.25) is 0 Å². The first-order chi connectivity index (χ1) is 13.3. The summed E-state index contributed by atoms with van der Waals surface area (Å²) in [5.41, 5.74) is 1.70. The molecule has 0 spiro atoms. The Morgan fingerprint density at radius 3 is 2.36 bits per heavy atom. The molecule has 0 N–H and O–H groups in total. The van der Waals surface area contributed by atoms with Gasteiger partial charge in [-0.15, -0.1) is 10.2 Å². The lowest BCUT2D eigenvalue weighted by Crippen LogP contribution is -2.41. The van der Waals surface area contributed by atoms with Crippen molar-refractivity contribution in [2.24, 2.45) is 13.0 Å². The van der Waals surface area contributed by atoms with Gasteiger partial charge in [-0.25, -0.2) is 0 Å². The monoisotopic (exact) mass is 381 g/mol. The number of aromatic nitrogens is 3. The van der Waals surface area contributed by atoms with E-state index in [4.69, 9.17) is 9.31 Å². The Kier molecular flexibility index (Phi) is 5.13. The van der Waals surface area contributed by atoms with Gasteiger partial charge in [0, 0.05) is 13.0 Å². The highest BCUT2D eigenvalue weighted by atomic mass is 16.7. The molecule has 1 aromatic heterocycles. The highest BCUT2D eigenvalue weighted by molar-refractivity contribution is 6.62. The van der Waals surface area contributed by atoms with Crippen LogP contribution in [0.4, 0.5) is 0 Å². The number of hydrogen-bond donors (Lipinski definition) is 0. The molecule has 1 aliphatic heterocycles. The number of aryl methyl sites for hydroxylation is 1. The Bertz CT molecular complexity index is 811. The smallest absolute Gasteiger partial charge is 0.399 e. The molecule has 2 aromatic rings. The molecule has 0 unspecified atom stereocenters. The number of nitrogens with zero attached hydrogens (tertiary/aromatic N) is 3. The largest absolute Gasteiger partial charge is 0.494 e. The fourth-order valence-electron chi connectivity index (χ4n) is 4.55. The summed E-state index contributed by atoms with van der Waals surface area (Å²) in [6.07, 6.45) is 8.25. The quantitative estimate of drug-likeness (QED) is 0.756. The average Bonchev–Trinajstić information content (AvgIpc) is 3.17. The zero-order valence-electron chi connectivity index (χ0n) is 17.8. The number of benzene rings is 1. The molecule has 4 rings (SSSR count). The molecule has 2 heterocycles. The van der Waals surface area contributed by atoms with Gasteiger partial charge in [0.05, 0.1) is 11.2 Å². The molecule has 5 nitrogen and oxygen atoms in total. The zero-order valence-corrected chi connectivity index (χ0v) is 17.8. The molecule has 1 aliphatic carbocycles. The maximum atomic E-state index is 6.29. The first-order valence-corrected chi connectivity index (χ1v) is 10.6. The summed E-state index contributed by atoms with van der Waals surface area (Å²) in [4.78, 5) is 0. The van der Waals surface area contributed by atoms with Gasteiger partial charge < -0.3 is 13.9 Å². The summed E-state index contributed by atoms with van der Waals surface area (Å²) in [5, 5.41) is 8.66. The van der Waals surface area contributed by atoms with Crippen molar-refractivity contribution in [2.45, 2.75) is 76.9 Å². The summed E-state index contributed by atoms with van der Waals surface area (Å²) in [6, 6.07) is 8.72. The third kappa shape index (κ3) is 3.53. The maximum absolute atomic E-state index is 6.29. The first kappa shape index (κ1) is 19.7. The molecule has 1 atom stereocenters. The van der Waals surface area contributed by atoms with Gasteiger partial charge in [0.25, 0.3) is 0 Å². The van der Waals surface area contributed by atoms with Crippen LogP contribution in [0.3, 0.4) is 0 Å². The fourth-order valence-corrected chi connectivity index (χ4v) is 4.55. The van der Waals surface area contributed by atoms with Crippen LogP contribution in [0.25, 0.3) is 0 Å². The maximum Gasteiger partial charge on any atom is 0.494 e. The second-order valence-electron chi connectivity index (χ2n) is 9.43. The predicted octanol–water partition coefficient (Wildman–Crippen LogP) is 3.83. The molecule has 28 heavy (non-hydrogen) atoms. The molecule has 2 fully saturated rings. The van der Waals surface area contributed by atoms with Gasteiger partial charge in [-0.2, -0.15) is 0 Å². The lowest BCUT2D eigenvalue weighted by atomic mass is 9.73. The average molecular weight is 381 g/mol. The second-order valence-corrected chi connectivity index (χ2v) is 9.43. The van der Waals surface area contributed by atoms with E-state index in [0.717, 1.165) is 11.3 Å². The molecule has 1 saturated heterocycles. The molecule has 1 aromatic carbocycles. The standard InChI is InChI=1S/C22H32BN3O2/c1-21(2)22(3,4)28-23(27-21)18-13-9-12-17(14-18)19(16-10-7-6-8-11-16)20-25-24-15-26(20)5/h9,12-16,19H,6-8,10-11H2,1-5H3/t19-/m1/s1. The van der Waals surface area contributed by atoms with Gasteiger partial charge in [0.2, 0.25) is 0 Å². The molecule has 0 radical (unpaired) electrons. The van der Waals surface area contributed by atoms with E-state index in [9.17, 15) is 0 Å². The minimum absolute atomic E-state index is 0.259. The van der Waals surface area contributed by atoms with Crippen LogP contribution < -0.4 is 5.46 Å². The van der Waals surface area contributed by atoms with Gasteiger partial charge in [-0.05, 0) is 57.5 Å². The third-order valence-corrected chi connectivity index (χ3v) is 6.94. The minimum atomic E-state index is -0.337. The highest BCUT2D eigenvalue weighted by Gasteiger charge is 2.51. The van der Waals surface area contributed by atoms with Gasteiger partial charge in [0.1, 0.15) is 12.2 Å². The molecule has 1 saturated carbocycles. The van der Waals surface area contributed by atoms with E-state index < -0.39 is 0 Å². The highest BCUT2D eigenvalue weighted by Crippen LogP contribution is 2.40. The molecular formula is C22H32BN3O2. The van der Waals surface area contributed by atoms with Gasteiger partial charge >= 0.3 is 7.12 Å². The SMILES string of the molecule is Cn1cnnc1[C@@H](c1cccc(B2OC(C)(C)C(C)(C)O2)c1)C1CCCCC1. The Hall–Kier alpha value is -1.66. The Balaban J connectivity index is 1.68. The van der Waals surface area contributed by atoms with Crippen molar-refractivity contribution in [1.82, 2.24) is 14.8 Å². The summed E-state index contributed by atoms with van der Waals surface area (Å²) in [7, 11) is 1.71. The van der Waals surface area contributed by atoms with Crippen molar-refractivity contribution in [1.29, 1.82) is 0 Å². The van der Waals surface area contributed by atoms with E-state index >= 15 is 0 Å². The van der Waals surface area contributed by atoms with Crippen LogP contribution in [0, 0.1) is 5.92 Å². The van der Waals surface area contributed by atoms with Crippen molar-refractivity contribution >= 4 is 12.6 Å². The molecule has 0 bridgehead atoms. The Labute approximate surface area is 169 Å². The van der Waals surface area contributed by atoms with Crippen molar-refractivity contribution in [3.8, 4) is 0 Å². The topological polar surface area (TPSA) is 49.2 Å².